The van der Waals surface area contributed by atoms with E-state index in [4.69, 9.17) is 5.73 Å². The number of nitrogens with zero attached hydrogens (tertiary/aromatic N) is 2. The summed E-state index contributed by atoms with van der Waals surface area (Å²) in [5.74, 6) is -0.489. The molecule has 1 rings (SSSR count). The molecule has 9 heteroatoms. The summed E-state index contributed by atoms with van der Waals surface area (Å²) in [6.07, 6.45) is -3.50. The minimum atomic E-state index is -4.51. The molecule has 0 bridgehead atoms. The van der Waals surface area contributed by atoms with Crippen molar-refractivity contribution in [2.24, 2.45) is 5.73 Å². The maximum absolute atomic E-state index is 12.4. The van der Waals surface area contributed by atoms with E-state index in [0.717, 1.165) is 12.3 Å². The number of nitrogens with two attached hydrogens (primary N) is 1. The number of rotatable bonds is 5. The Labute approximate surface area is 107 Å². The number of amides is 1. The lowest BCUT2D eigenvalue weighted by Gasteiger charge is -2.10. The van der Waals surface area contributed by atoms with Crippen molar-refractivity contribution in [2.45, 2.75) is 19.1 Å². The second kappa shape index (κ2) is 6.32. The summed E-state index contributed by atoms with van der Waals surface area (Å²) in [7, 11) is 0. The number of carbonyl (C=O) groups is 1. The van der Waals surface area contributed by atoms with Gasteiger partial charge in [-0.25, -0.2) is 9.97 Å². The van der Waals surface area contributed by atoms with Gasteiger partial charge in [0.05, 0.1) is 6.04 Å². The minimum Gasteiger partial charge on any atom is -0.353 e. The number of halogens is 3. The predicted molar refractivity (Wildman–Crippen MR) is 62.2 cm³/mol. The quantitative estimate of drug-likeness (QED) is 0.676. The molecule has 4 N–H and O–H groups in total. The Balaban J connectivity index is 2.44. The summed E-state index contributed by atoms with van der Waals surface area (Å²) in [6.45, 7) is 1.93. The molecular formula is C10H14F3N5O. The van der Waals surface area contributed by atoms with Gasteiger partial charge in [-0.2, -0.15) is 13.2 Å². The van der Waals surface area contributed by atoms with Gasteiger partial charge in [-0.3, -0.25) is 4.79 Å². The number of aromatic nitrogens is 2. The van der Waals surface area contributed by atoms with E-state index >= 15 is 0 Å². The topological polar surface area (TPSA) is 92.9 Å². The molecule has 0 aromatic carbocycles. The molecule has 0 unspecified atom stereocenters. The van der Waals surface area contributed by atoms with Gasteiger partial charge in [-0.15, -0.1) is 0 Å². The minimum absolute atomic E-state index is 0.148. The maximum atomic E-state index is 12.4. The molecule has 6 nitrogen and oxygen atoms in total. The summed E-state index contributed by atoms with van der Waals surface area (Å²) >= 11 is 0. The summed E-state index contributed by atoms with van der Waals surface area (Å²) in [5, 5.41) is 5.07. The van der Waals surface area contributed by atoms with Crippen LogP contribution in [-0.4, -0.2) is 35.0 Å². The Hall–Kier alpha value is -1.90. The standard InChI is InChI=1S/C10H14F3N5O/c1-6(14)8(19)15-4-5-17-9-16-3-2-7(18-9)10(11,12)13/h2-3,6H,4-5,14H2,1H3,(H,15,19)(H,16,17,18)/t6-/m1/s1. The summed E-state index contributed by atoms with van der Waals surface area (Å²) in [6, 6.07) is 0.146. The van der Waals surface area contributed by atoms with Crippen molar-refractivity contribution >= 4 is 11.9 Å². The molecule has 1 atom stereocenters. The number of anilines is 1. The van der Waals surface area contributed by atoms with E-state index in [-0.39, 0.29) is 24.9 Å². The Morgan fingerprint density at radius 1 is 1.47 bits per heavy atom. The molecule has 1 amide bonds. The third-order valence-corrected chi connectivity index (χ3v) is 2.07. The second-order valence-corrected chi connectivity index (χ2v) is 3.77. The van der Waals surface area contributed by atoms with Gasteiger partial charge in [0.2, 0.25) is 11.9 Å². The molecule has 0 saturated carbocycles. The van der Waals surface area contributed by atoms with E-state index in [1.165, 1.54) is 6.92 Å². The Morgan fingerprint density at radius 2 is 2.16 bits per heavy atom. The van der Waals surface area contributed by atoms with Gasteiger partial charge in [-0.1, -0.05) is 0 Å². The van der Waals surface area contributed by atoms with E-state index in [0.29, 0.717) is 0 Å². The fourth-order valence-electron chi connectivity index (χ4n) is 1.12. The Bertz CT molecular complexity index is 435. The first kappa shape index (κ1) is 15.2. The van der Waals surface area contributed by atoms with Gasteiger partial charge in [0.1, 0.15) is 5.69 Å². The van der Waals surface area contributed by atoms with E-state index < -0.39 is 17.9 Å². The molecule has 0 aliphatic heterocycles. The van der Waals surface area contributed by atoms with Crippen LogP contribution in [-0.2, 0) is 11.0 Å². The molecule has 1 aromatic rings. The molecule has 0 radical (unpaired) electrons. The van der Waals surface area contributed by atoms with Crippen LogP contribution >= 0.6 is 0 Å². The summed E-state index contributed by atoms with van der Waals surface area (Å²) in [5.41, 5.74) is 4.29. The first-order valence-electron chi connectivity index (χ1n) is 5.48. The first-order chi connectivity index (χ1) is 8.80. The van der Waals surface area contributed by atoms with Gasteiger partial charge < -0.3 is 16.4 Å². The summed E-state index contributed by atoms with van der Waals surface area (Å²) in [4.78, 5) is 18.1. The van der Waals surface area contributed by atoms with Crippen LogP contribution in [0.3, 0.4) is 0 Å². The smallest absolute Gasteiger partial charge is 0.353 e. The van der Waals surface area contributed by atoms with Crippen LogP contribution in [0.2, 0.25) is 0 Å². The highest BCUT2D eigenvalue weighted by Crippen LogP contribution is 2.27. The van der Waals surface area contributed by atoms with Gasteiger partial charge in [0, 0.05) is 19.3 Å². The van der Waals surface area contributed by atoms with Crippen LogP contribution in [0.4, 0.5) is 19.1 Å². The molecule has 1 aromatic heterocycles. The van der Waals surface area contributed by atoms with E-state index in [1.54, 1.807) is 0 Å². The van der Waals surface area contributed by atoms with E-state index in [2.05, 4.69) is 20.6 Å². The first-order valence-corrected chi connectivity index (χ1v) is 5.48. The molecule has 0 aliphatic rings. The molecule has 0 aliphatic carbocycles. The molecule has 106 valence electrons. The zero-order chi connectivity index (χ0) is 14.5. The van der Waals surface area contributed by atoms with Crippen LogP contribution in [0.25, 0.3) is 0 Å². The highest BCUT2D eigenvalue weighted by molar-refractivity contribution is 5.80. The summed E-state index contributed by atoms with van der Waals surface area (Å²) < 4.78 is 37.1. The lowest BCUT2D eigenvalue weighted by atomic mass is 10.3. The lowest BCUT2D eigenvalue weighted by Crippen LogP contribution is -2.40. The number of nitrogens with one attached hydrogen (secondary N) is 2. The lowest BCUT2D eigenvalue weighted by molar-refractivity contribution is -0.141. The van der Waals surface area contributed by atoms with Gasteiger partial charge in [0.25, 0.3) is 0 Å². The number of carbonyl (C=O) groups excluding carboxylic acids is 1. The Morgan fingerprint density at radius 3 is 2.74 bits per heavy atom. The zero-order valence-electron chi connectivity index (χ0n) is 10.2. The van der Waals surface area contributed by atoms with Crippen LogP contribution < -0.4 is 16.4 Å². The molecule has 0 saturated heterocycles. The largest absolute Gasteiger partial charge is 0.433 e. The molecule has 1 heterocycles. The highest BCUT2D eigenvalue weighted by atomic mass is 19.4. The second-order valence-electron chi connectivity index (χ2n) is 3.77. The van der Waals surface area contributed by atoms with Crippen molar-refractivity contribution in [1.82, 2.24) is 15.3 Å². The number of alkyl halides is 3. The third-order valence-electron chi connectivity index (χ3n) is 2.07. The Kier molecular flexibility index (Phi) is 5.04. The van der Waals surface area contributed by atoms with Crippen molar-refractivity contribution < 1.29 is 18.0 Å². The van der Waals surface area contributed by atoms with Gasteiger partial charge in [-0.05, 0) is 13.0 Å². The van der Waals surface area contributed by atoms with Crippen LogP contribution in [0.15, 0.2) is 12.3 Å². The number of hydrogen-bond acceptors (Lipinski definition) is 5. The van der Waals surface area contributed by atoms with Crippen LogP contribution in [0, 0.1) is 0 Å². The van der Waals surface area contributed by atoms with Gasteiger partial charge in [0.15, 0.2) is 0 Å². The molecular weight excluding hydrogens is 263 g/mol. The number of hydrogen-bond donors (Lipinski definition) is 3. The molecule has 19 heavy (non-hydrogen) atoms. The SMILES string of the molecule is C[C@@H](N)C(=O)NCCNc1nccc(C(F)(F)F)n1. The fraction of sp³-hybridized carbons (Fsp3) is 0.500. The van der Waals surface area contributed by atoms with Crippen LogP contribution in [0.1, 0.15) is 12.6 Å². The maximum Gasteiger partial charge on any atom is 0.433 e. The van der Waals surface area contributed by atoms with Crippen molar-refractivity contribution in [1.29, 1.82) is 0 Å². The fourth-order valence-corrected chi connectivity index (χ4v) is 1.12. The van der Waals surface area contributed by atoms with Crippen molar-refractivity contribution in [3.8, 4) is 0 Å². The molecule has 0 fully saturated rings. The average molecular weight is 277 g/mol. The molecule has 0 spiro atoms. The zero-order valence-corrected chi connectivity index (χ0v) is 10.2. The third kappa shape index (κ3) is 5.08. The van der Waals surface area contributed by atoms with E-state index in [9.17, 15) is 18.0 Å². The van der Waals surface area contributed by atoms with Gasteiger partial charge >= 0.3 is 6.18 Å². The van der Waals surface area contributed by atoms with Crippen LogP contribution in [0.5, 0.6) is 0 Å². The predicted octanol–water partition coefficient (Wildman–Crippen LogP) is 0.371. The van der Waals surface area contributed by atoms with Crippen molar-refractivity contribution in [2.75, 3.05) is 18.4 Å². The average Bonchev–Trinajstić information content (AvgIpc) is 2.33. The van der Waals surface area contributed by atoms with Crippen molar-refractivity contribution in [3.63, 3.8) is 0 Å². The normalized spacial score (nSPS) is 12.9. The van der Waals surface area contributed by atoms with Crippen molar-refractivity contribution in [3.05, 3.63) is 18.0 Å². The van der Waals surface area contributed by atoms with E-state index in [1.807, 2.05) is 0 Å². The highest BCUT2D eigenvalue weighted by Gasteiger charge is 2.32. The monoisotopic (exact) mass is 277 g/mol.